The predicted molar refractivity (Wildman–Crippen MR) is 97.7 cm³/mol. The highest BCUT2D eigenvalue weighted by molar-refractivity contribution is 5.79. The quantitative estimate of drug-likeness (QED) is 0.784. The molecular formula is C20H31NO4. The number of likely N-dealkylation sites (N-methyl/N-ethyl adjacent to an activating group) is 1. The fraction of sp³-hybridized carbons (Fsp3) is 0.650. The number of aryl methyl sites for hydroxylation is 1. The molecule has 1 amide bonds. The second kappa shape index (κ2) is 9.78. The van der Waals surface area contributed by atoms with Crippen LogP contribution in [0.1, 0.15) is 38.7 Å². The number of carbonyl (C=O) groups is 1. The van der Waals surface area contributed by atoms with Gasteiger partial charge in [-0.2, -0.15) is 0 Å². The van der Waals surface area contributed by atoms with Gasteiger partial charge in [0.05, 0.1) is 18.8 Å². The zero-order valence-corrected chi connectivity index (χ0v) is 15.6. The SMILES string of the molecule is CCc1ccc(OCCN(CC)C(=O)[C@@H]2CC[C@H](O)[C@H](OC)C2)cc1. The zero-order chi connectivity index (χ0) is 18.2. The normalized spacial score (nSPS) is 23.3. The molecule has 1 aliphatic rings. The van der Waals surface area contributed by atoms with Crippen LogP contribution in [0.25, 0.3) is 0 Å². The number of amides is 1. The molecule has 1 N–H and O–H groups in total. The molecule has 5 nitrogen and oxygen atoms in total. The highest BCUT2D eigenvalue weighted by Gasteiger charge is 2.34. The Kier molecular flexibility index (Phi) is 7.72. The van der Waals surface area contributed by atoms with Crippen molar-refractivity contribution in [2.24, 2.45) is 5.92 Å². The van der Waals surface area contributed by atoms with Gasteiger partial charge in [0.25, 0.3) is 0 Å². The van der Waals surface area contributed by atoms with E-state index in [0.717, 1.165) is 18.6 Å². The number of ether oxygens (including phenoxy) is 2. The fourth-order valence-corrected chi connectivity index (χ4v) is 3.37. The Labute approximate surface area is 150 Å². The van der Waals surface area contributed by atoms with Crippen molar-refractivity contribution in [3.05, 3.63) is 29.8 Å². The molecule has 5 heteroatoms. The lowest BCUT2D eigenvalue weighted by atomic mass is 9.84. The minimum atomic E-state index is -0.460. The number of aliphatic hydroxyl groups excluding tert-OH is 1. The molecule has 0 radical (unpaired) electrons. The lowest BCUT2D eigenvalue weighted by Crippen LogP contribution is -2.44. The van der Waals surface area contributed by atoms with Crippen LogP contribution >= 0.6 is 0 Å². The Morgan fingerprint density at radius 2 is 1.96 bits per heavy atom. The van der Waals surface area contributed by atoms with Crippen molar-refractivity contribution in [1.29, 1.82) is 0 Å². The van der Waals surface area contributed by atoms with E-state index < -0.39 is 6.10 Å². The van der Waals surface area contributed by atoms with Crippen LogP contribution in [-0.2, 0) is 16.0 Å². The second-order valence-corrected chi connectivity index (χ2v) is 6.62. The summed E-state index contributed by atoms with van der Waals surface area (Å²) in [7, 11) is 1.59. The number of rotatable bonds is 8. The summed E-state index contributed by atoms with van der Waals surface area (Å²) in [5.74, 6) is 0.902. The van der Waals surface area contributed by atoms with Crippen molar-refractivity contribution in [3.63, 3.8) is 0 Å². The monoisotopic (exact) mass is 349 g/mol. The molecule has 25 heavy (non-hydrogen) atoms. The van der Waals surface area contributed by atoms with Crippen molar-refractivity contribution < 1.29 is 19.4 Å². The summed E-state index contributed by atoms with van der Waals surface area (Å²) in [5, 5.41) is 9.90. The van der Waals surface area contributed by atoms with Crippen LogP contribution in [0.5, 0.6) is 5.75 Å². The number of aliphatic hydroxyl groups is 1. The second-order valence-electron chi connectivity index (χ2n) is 6.62. The van der Waals surface area contributed by atoms with Crippen LogP contribution in [0, 0.1) is 5.92 Å². The van der Waals surface area contributed by atoms with Crippen LogP contribution in [-0.4, -0.2) is 54.9 Å². The largest absolute Gasteiger partial charge is 0.492 e. The minimum absolute atomic E-state index is 0.0721. The summed E-state index contributed by atoms with van der Waals surface area (Å²) in [5.41, 5.74) is 1.28. The first kappa shape index (κ1) is 19.7. The van der Waals surface area contributed by atoms with E-state index in [9.17, 15) is 9.90 Å². The number of nitrogens with zero attached hydrogens (tertiary/aromatic N) is 1. The Hall–Kier alpha value is -1.59. The molecule has 3 atom stereocenters. The summed E-state index contributed by atoms with van der Waals surface area (Å²) in [6, 6.07) is 8.08. The number of hydrogen-bond donors (Lipinski definition) is 1. The van der Waals surface area contributed by atoms with Gasteiger partial charge in [0.15, 0.2) is 0 Å². The van der Waals surface area contributed by atoms with E-state index in [4.69, 9.17) is 9.47 Å². The van der Waals surface area contributed by atoms with Gasteiger partial charge >= 0.3 is 0 Å². The van der Waals surface area contributed by atoms with E-state index in [0.29, 0.717) is 32.5 Å². The maximum absolute atomic E-state index is 12.8. The third kappa shape index (κ3) is 5.44. The maximum Gasteiger partial charge on any atom is 0.225 e. The standard InChI is InChI=1S/C20H31NO4/c1-4-15-6-9-17(10-7-15)25-13-12-21(5-2)20(23)16-8-11-18(22)19(14-16)24-3/h6-7,9-10,16,18-19,22H,4-5,8,11-14H2,1-3H3/t16-,18+,19-/m1/s1. The van der Waals surface area contributed by atoms with Crippen LogP contribution in [0.4, 0.5) is 0 Å². The molecule has 0 unspecified atom stereocenters. The smallest absolute Gasteiger partial charge is 0.225 e. The molecule has 1 saturated carbocycles. The first-order chi connectivity index (χ1) is 12.1. The number of hydrogen-bond acceptors (Lipinski definition) is 4. The Balaban J connectivity index is 1.83. The first-order valence-corrected chi connectivity index (χ1v) is 9.30. The highest BCUT2D eigenvalue weighted by atomic mass is 16.5. The van der Waals surface area contributed by atoms with Gasteiger partial charge in [0, 0.05) is 19.6 Å². The summed E-state index contributed by atoms with van der Waals surface area (Å²) in [4.78, 5) is 14.6. The fourth-order valence-electron chi connectivity index (χ4n) is 3.37. The van der Waals surface area contributed by atoms with Crippen molar-refractivity contribution >= 4 is 5.91 Å². The molecule has 0 heterocycles. The van der Waals surface area contributed by atoms with E-state index in [-0.39, 0.29) is 17.9 Å². The summed E-state index contributed by atoms with van der Waals surface area (Å²) in [6.45, 7) is 5.82. The van der Waals surface area contributed by atoms with Gasteiger partial charge in [-0.25, -0.2) is 0 Å². The van der Waals surface area contributed by atoms with E-state index in [2.05, 4.69) is 19.1 Å². The predicted octanol–water partition coefficient (Wildman–Crippen LogP) is 2.65. The molecule has 140 valence electrons. The molecule has 1 aromatic carbocycles. The molecule has 2 rings (SSSR count). The van der Waals surface area contributed by atoms with Crippen LogP contribution in [0.15, 0.2) is 24.3 Å². The van der Waals surface area contributed by atoms with Gasteiger partial charge < -0.3 is 19.5 Å². The van der Waals surface area contributed by atoms with Gasteiger partial charge in [0.1, 0.15) is 12.4 Å². The van der Waals surface area contributed by atoms with Crippen LogP contribution in [0.3, 0.4) is 0 Å². The minimum Gasteiger partial charge on any atom is -0.492 e. The molecule has 0 aromatic heterocycles. The molecule has 0 saturated heterocycles. The Morgan fingerprint density at radius 3 is 2.56 bits per heavy atom. The Bertz CT molecular complexity index is 531. The van der Waals surface area contributed by atoms with Gasteiger partial charge in [0.2, 0.25) is 5.91 Å². The average molecular weight is 349 g/mol. The van der Waals surface area contributed by atoms with Gasteiger partial charge in [-0.05, 0) is 50.3 Å². The van der Waals surface area contributed by atoms with Crippen molar-refractivity contribution in [2.45, 2.75) is 51.7 Å². The van der Waals surface area contributed by atoms with Gasteiger partial charge in [-0.15, -0.1) is 0 Å². The van der Waals surface area contributed by atoms with E-state index in [1.807, 2.05) is 24.0 Å². The maximum atomic E-state index is 12.8. The molecule has 1 fully saturated rings. The number of carbonyl (C=O) groups excluding carboxylic acids is 1. The molecule has 0 aliphatic heterocycles. The lowest BCUT2D eigenvalue weighted by molar-refractivity contribution is -0.141. The van der Waals surface area contributed by atoms with E-state index >= 15 is 0 Å². The molecular weight excluding hydrogens is 318 g/mol. The van der Waals surface area contributed by atoms with Gasteiger partial charge in [-0.3, -0.25) is 4.79 Å². The van der Waals surface area contributed by atoms with E-state index in [1.54, 1.807) is 7.11 Å². The summed E-state index contributed by atoms with van der Waals surface area (Å²) in [6.07, 6.45) is 2.24. The van der Waals surface area contributed by atoms with E-state index in [1.165, 1.54) is 5.56 Å². The van der Waals surface area contributed by atoms with Crippen LogP contribution in [0.2, 0.25) is 0 Å². The highest BCUT2D eigenvalue weighted by Crippen LogP contribution is 2.28. The van der Waals surface area contributed by atoms with Crippen LogP contribution < -0.4 is 4.74 Å². The molecule has 0 bridgehead atoms. The van der Waals surface area contributed by atoms with Gasteiger partial charge in [-0.1, -0.05) is 19.1 Å². The van der Waals surface area contributed by atoms with Crippen molar-refractivity contribution in [1.82, 2.24) is 4.90 Å². The summed E-state index contributed by atoms with van der Waals surface area (Å²) >= 11 is 0. The molecule has 0 spiro atoms. The number of methoxy groups -OCH3 is 1. The third-order valence-corrected chi connectivity index (χ3v) is 5.06. The summed E-state index contributed by atoms with van der Waals surface area (Å²) < 4.78 is 11.1. The first-order valence-electron chi connectivity index (χ1n) is 9.30. The molecule has 1 aromatic rings. The topological polar surface area (TPSA) is 59.0 Å². The molecule has 1 aliphatic carbocycles. The van der Waals surface area contributed by atoms with Crippen molar-refractivity contribution in [2.75, 3.05) is 26.8 Å². The Morgan fingerprint density at radius 1 is 1.24 bits per heavy atom. The lowest BCUT2D eigenvalue weighted by Gasteiger charge is -2.34. The third-order valence-electron chi connectivity index (χ3n) is 5.06. The zero-order valence-electron chi connectivity index (χ0n) is 15.6. The van der Waals surface area contributed by atoms with Crippen molar-refractivity contribution in [3.8, 4) is 5.75 Å². The average Bonchev–Trinajstić information content (AvgIpc) is 2.65. The number of benzene rings is 1.